The summed E-state index contributed by atoms with van der Waals surface area (Å²) >= 11 is 0. The molecule has 1 saturated heterocycles. The molecular weight excluding hydrogens is 240 g/mol. The minimum absolute atomic E-state index is 0.0948. The van der Waals surface area contributed by atoms with Crippen molar-refractivity contribution in [1.29, 1.82) is 0 Å². The molecular formula is C10H16N4O4. The van der Waals surface area contributed by atoms with Gasteiger partial charge in [-0.3, -0.25) is 4.79 Å². The Bertz CT molecular complexity index is 356. The number of rotatable bonds is 4. The van der Waals surface area contributed by atoms with Crippen molar-refractivity contribution in [3.8, 4) is 0 Å². The number of ether oxygens (including phenoxy) is 1. The minimum Gasteiger partial charge on any atom is -0.447 e. The monoisotopic (exact) mass is 256 g/mol. The lowest BCUT2D eigenvalue weighted by molar-refractivity contribution is -0.127. The van der Waals surface area contributed by atoms with E-state index in [1.54, 1.807) is 11.8 Å². The van der Waals surface area contributed by atoms with Gasteiger partial charge in [-0.15, -0.1) is 0 Å². The number of nitrogens with one attached hydrogen (secondary N) is 1. The van der Waals surface area contributed by atoms with Crippen LogP contribution >= 0.6 is 0 Å². The highest BCUT2D eigenvalue weighted by atomic mass is 16.5. The van der Waals surface area contributed by atoms with Crippen LogP contribution in [0.15, 0.2) is 10.2 Å². The third-order valence-corrected chi connectivity index (χ3v) is 2.32. The maximum Gasteiger partial charge on any atom is 0.452 e. The molecule has 1 aliphatic heterocycles. The number of nitrogens with zero attached hydrogens (tertiary/aromatic N) is 3. The van der Waals surface area contributed by atoms with Crippen LogP contribution in [-0.4, -0.2) is 49.2 Å². The summed E-state index contributed by atoms with van der Waals surface area (Å²) in [5.74, 6) is 0.0948. The molecule has 1 aliphatic rings. The van der Waals surface area contributed by atoms with Crippen LogP contribution in [0.4, 0.5) is 9.59 Å². The molecule has 100 valence electrons. The van der Waals surface area contributed by atoms with Crippen molar-refractivity contribution >= 4 is 18.0 Å². The van der Waals surface area contributed by atoms with E-state index in [1.807, 2.05) is 0 Å². The van der Waals surface area contributed by atoms with Crippen molar-refractivity contribution in [1.82, 2.24) is 10.2 Å². The average molecular weight is 256 g/mol. The van der Waals surface area contributed by atoms with Crippen LogP contribution in [0.3, 0.4) is 0 Å². The van der Waals surface area contributed by atoms with Crippen LogP contribution in [0.25, 0.3) is 0 Å². The van der Waals surface area contributed by atoms with Gasteiger partial charge in [0.15, 0.2) is 0 Å². The summed E-state index contributed by atoms with van der Waals surface area (Å²) in [5.41, 5.74) is 0. The lowest BCUT2D eigenvalue weighted by atomic mass is 10.4. The molecule has 0 bridgehead atoms. The first-order valence-electron chi connectivity index (χ1n) is 5.77. The van der Waals surface area contributed by atoms with Gasteiger partial charge in [-0.2, -0.15) is 0 Å². The van der Waals surface area contributed by atoms with Gasteiger partial charge >= 0.3 is 12.1 Å². The Hall–Kier alpha value is -1.99. The van der Waals surface area contributed by atoms with Gasteiger partial charge in [0.25, 0.3) is 0 Å². The number of carbonyl (C=O) groups is 3. The van der Waals surface area contributed by atoms with E-state index < -0.39 is 12.1 Å². The van der Waals surface area contributed by atoms with Gasteiger partial charge in [0.05, 0.1) is 6.61 Å². The summed E-state index contributed by atoms with van der Waals surface area (Å²) < 4.78 is 4.46. The van der Waals surface area contributed by atoms with Crippen molar-refractivity contribution in [2.24, 2.45) is 10.2 Å². The van der Waals surface area contributed by atoms with E-state index in [-0.39, 0.29) is 19.1 Å². The fourth-order valence-electron chi connectivity index (χ4n) is 1.51. The molecule has 8 nitrogen and oxygen atoms in total. The molecule has 0 aromatic carbocycles. The van der Waals surface area contributed by atoms with E-state index in [9.17, 15) is 14.4 Å². The van der Waals surface area contributed by atoms with Crippen LogP contribution in [0.2, 0.25) is 0 Å². The van der Waals surface area contributed by atoms with Crippen molar-refractivity contribution in [2.75, 3.05) is 26.2 Å². The second kappa shape index (κ2) is 7.36. The standard InChI is InChI=1S/C10H16N4O4/c1-2-18-10(17)13-12-9(16)11-5-7-14-6-3-4-8(14)15/h2-7H2,1H3,(H,11,16). The molecule has 0 radical (unpaired) electrons. The smallest absolute Gasteiger partial charge is 0.447 e. The van der Waals surface area contributed by atoms with E-state index in [2.05, 4.69) is 20.3 Å². The highest BCUT2D eigenvalue weighted by molar-refractivity contribution is 5.78. The maximum atomic E-state index is 11.2. The number of hydrogen-bond donors (Lipinski definition) is 1. The Labute approximate surface area is 104 Å². The van der Waals surface area contributed by atoms with Gasteiger partial charge in [-0.05, 0) is 13.3 Å². The Morgan fingerprint density at radius 1 is 1.44 bits per heavy atom. The van der Waals surface area contributed by atoms with Crippen LogP contribution in [0, 0.1) is 0 Å². The van der Waals surface area contributed by atoms with Gasteiger partial charge in [-0.25, -0.2) is 9.59 Å². The van der Waals surface area contributed by atoms with E-state index in [4.69, 9.17) is 0 Å². The van der Waals surface area contributed by atoms with E-state index in [1.165, 1.54) is 0 Å². The Kier molecular flexibility index (Phi) is 5.75. The fraction of sp³-hybridized carbons (Fsp3) is 0.700. The summed E-state index contributed by atoms with van der Waals surface area (Å²) in [4.78, 5) is 34.8. The second-order valence-electron chi connectivity index (χ2n) is 3.62. The Morgan fingerprint density at radius 3 is 2.83 bits per heavy atom. The molecule has 0 aliphatic carbocycles. The van der Waals surface area contributed by atoms with Gasteiger partial charge in [0.2, 0.25) is 5.91 Å². The molecule has 0 aromatic heterocycles. The number of likely N-dealkylation sites (tertiary alicyclic amines) is 1. The largest absolute Gasteiger partial charge is 0.452 e. The predicted molar refractivity (Wildman–Crippen MR) is 61.1 cm³/mol. The molecule has 18 heavy (non-hydrogen) atoms. The summed E-state index contributed by atoms with van der Waals surface area (Å²) in [5, 5.41) is 8.60. The maximum absolute atomic E-state index is 11.2. The molecule has 1 N–H and O–H groups in total. The van der Waals surface area contributed by atoms with Crippen LogP contribution < -0.4 is 5.32 Å². The van der Waals surface area contributed by atoms with Crippen LogP contribution in [-0.2, 0) is 9.53 Å². The molecule has 1 fully saturated rings. The number of azo groups is 1. The molecule has 4 amide bonds. The molecule has 0 unspecified atom stereocenters. The summed E-state index contributed by atoms with van der Waals surface area (Å²) in [6.07, 6.45) is 0.522. The SMILES string of the molecule is CCOC(=O)N=NC(=O)NCCN1CCCC1=O. The summed E-state index contributed by atoms with van der Waals surface area (Å²) in [7, 11) is 0. The van der Waals surface area contributed by atoms with Gasteiger partial charge in [-0.1, -0.05) is 10.2 Å². The number of hydrogen-bond acceptors (Lipinski definition) is 4. The molecule has 0 spiro atoms. The quantitative estimate of drug-likeness (QED) is 0.756. The van der Waals surface area contributed by atoms with Gasteiger partial charge in [0, 0.05) is 26.1 Å². The minimum atomic E-state index is -0.901. The number of carbonyl (C=O) groups excluding carboxylic acids is 3. The van der Waals surface area contributed by atoms with Crippen LogP contribution in [0.5, 0.6) is 0 Å². The molecule has 0 saturated carbocycles. The summed E-state index contributed by atoms with van der Waals surface area (Å²) in [6.45, 7) is 3.25. The molecule has 8 heteroatoms. The third-order valence-electron chi connectivity index (χ3n) is 2.32. The zero-order valence-electron chi connectivity index (χ0n) is 10.2. The predicted octanol–water partition coefficient (Wildman–Crippen LogP) is 0.927. The van der Waals surface area contributed by atoms with Gasteiger partial charge in [0.1, 0.15) is 0 Å². The lowest BCUT2D eigenvalue weighted by Gasteiger charge is -2.14. The second-order valence-corrected chi connectivity index (χ2v) is 3.62. The van der Waals surface area contributed by atoms with E-state index in [0.717, 1.165) is 13.0 Å². The topological polar surface area (TPSA) is 100 Å². The average Bonchev–Trinajstić information content (AvgIpc) is 2.73. The molecule has 1 rings (SSSR count). The normalized spacial score (nSPS) is 15.2. The highest BCUT2D eigenvalue weighted by Crippen LogP contribution is 2.07. The van der Waals surface area contributed by atoms with Crippen molar-refractivity contribution < 1.29 is 19.1 Å². The first kappa shape index (κ1) is 14.1. The zero-order valence-corrected chi connectivity index (χ0v) is 10.2. The number of amides is 4. The Balaban J connectivity index is 2.17. The molecule has 0 atom stereocenters. The molecule has 0 aromatic rings. The van der Waals surface area contributed by atoms with Gasteiger partial charge < -0.3 is 15.0 Å². The first-order chi connectivity index (χ1) is 8.63. The van der Waals surface area contributed by atoms with Crippen molar-refractivity contribution in [3.63, 3.8) is 0 Å². The van der Waals surface area contributed by atoms with Crippen molar-refractivity contribution in [2.45, 2.75) is 19.8 Å². The summed E-state index contributed by atoms with van der Waals surface area (Å²) in [6, 6.07) is -0.727. The van der Waals surface area contributed by atoms with E-state index >= 15 is 0 Å². The Morgan fingerprint density at radius 2 is 2.22 bits per heavy atom. The first-order valence-corrected chi connectivity index (χ1v) is 5.77. The van der Waals surface area contributed by atoms with Crippen molar-refractivity contribution in [3.05, 3.63) is 0 Å². The highest BCUT2D eigenvalue weighted by Gasteiger charge is 2.19. The van der Waals surface area contributed by atoms with E-state index in [0.29, 0.717) is 13.0 Å². The number of urea groups is 1. The van der Waals surface area contributed by atoms with Crippen LogP contribution in [0.1, 0.15) is 19.8 Å². The zero-order chi connectivity index (χ0) is 13.4. The fourth-order valence-corrected chi connectivity index (χ4v) is 1.51. The third kappa shape index (κ3) is 4.89. The molecule has 1 heterocycles. The lowest BCUT2D eigenvalue weighted by Crippen LogP contribution is -2.34.